The Balaban J connectivity index is 1.77. The van der Waals surface area contributed by atoms with Crippen molar-refractivity contribution in [1.29, 1.82) is 0 Å². The maximum absolute atomic E-state index is 12.2. The van der Waals surface area contributed by atoms with Crippen molar-refractivity contribution in [2.75, 3.05) is 44.7 Å². The van der Waals surface area contributed by atoms with E-state index in [9.17, 15) is 14.4 Å². The highest BCUT2D eigenvalue weighted by atomic mass is 16.5. The number of rotatable bonds is 7. The average molecular weight is 347 g/mol. The van der Waals surface area contributed by atoms with Gasteiger partial charge in [0, 0.05) is 38.3 Å². The standard InChI is InChI=1S/C18H25N3O4/c1-3-4-16(22)18(24)19-13-17(23)21-11-9-20(10-12-21)14-5-7-15(25-2)8-6-14/h5-8H,3-4,9-13H2,1-2H3,(H,19,24). The van der Waals surface area contributed by atoms with E-state index in [0.717, 1.165) is 24.5 Å². The number of ether oxygens (including phenoxy) is 1. The van der Waals surface area contributed by atoms with E-state index in [1.165, 1.54) is 0 Å². The fourth-order valence-electron chi connectivity index (χ4n) is 2.71. The molecule has 2 amide bonds. The second-order valence-corrected chi connectivity index (χ2v) is 5.92. The minimum absolute atomic E-state index is 0.128. The second-order valence-electron chi connectivity index (χ2n) is 5.92. The largest absolute Gasteiger partial charge is 0.497 e. The summed E-state index contributed by atoms with van der Waals surface area (Å²) < 4.78 is 5.15. The molecule has 0 saturated carbocycles. The molecule has 0 atom stereocenters. The van der Waals surface area contributed by atoms with Crippen LogP contribution < -0.4 is 15.0 Å². The van der Waals surface area contributed by atoms with Crippen molar-refractivity contribution in [2.24, 2.45) is 0 Å². The molecule has 1 aliphatic heterocycles. The van der Waals surface area contributed by atoms with Crippen LogP contribution in [0.15, 0.2) is 24.3 Å². The molecule has 0 unspecified atom stereocenters. The van der Waals surface area contributed by atoms with E-state index in [0.29, 0.717) is 19.5 Å². The molecule has 0 spiro atoms. The van der Waals surface area contributed by atoms with Crippen LogP contribution in [-0.4, -0.2) is 62.3 Å². The van der Waals surface area contributed by atoms with Crippen molar-refractivity contribution in [3.05, 3.63) is 24.3 Å². The van der Waals surface area contributed by atoms with Crippen LogP contribution in [0.3, 0.4) is 0 Å². The maximum Gasteiger partial charge on any atom is 0.287 e. The van der Waals surface area contributed by atoms with Crippen LogP contribution in [0.25, 0.3) is 0 Å². The molecule has 7 nitrogen and oxygen atoms in total. The summed E-state index contributed by atoms with van der Waals surface area (Å²) in [5, 5.41) is 2.41. The van der Waals surface area contributed by atoms with Gasteiger partial charge < -0.3 is 19.9 Å². The minimum atomic E-state index is -0.674. The van der Waals surface area contributed by atoms with Crippen LogP contribution in [0.1, 0.15) is 19.8 Å². The van der Waals surface area contributed by atoms with Gasteiger partial charge in [-0.25, -0.2) is 0 Å². The van der Waals surface area contributed by atoms with Crippen molar-refractivity contribution >= 4 is 23.3 Å². The Morgan fingerprint density at radius 3 is 2.28 bits per heavy atom. The lowest BCUT2D eigenvalue weighted by molar-refractivity contribution is -0.139. The first-order valence-electron chi connectivity index (χ1n) is 8.53. The quantitative estimate of drug-likeness (QED) is 0.739. The van der Waals surface area contributed by atoms with Crippen LogP contribution in [0.2, 0.25) is 0 Å². The molecule has 0 bridgehead atoms. The fourth-order valence-corrected chi connectivity index (χ4v) is 2.71. The zero-order valence-electron chi connectivity index (χ0n) is 14.8. The first kappa shape index (κ1) is 18.8. The molecule has 1 heterocycles. The van der Waals surface area contributed by atoms with E-state index in [4.69, 9.17) is 4.74 Å². The molecular formula is C18H25N3O4. The van der Waals surface area contributed by atoms with E-state index in [1.54, 1.807) is 12.0 Å². The third-order valence-corrected chi connectivity index (χ3v) is 4.20. The van der Waals surface area contributed by atoms with Crippen LogP contribution >= 0.6 is 0 Å². The lowest BCUT2D eigenvalue weighted by atomic mass is 10.2. The third kappa shape index (κ3) is 5.20. The molecule has 136 valence electrons. The summed E-state index contributed by atoms with van der Waals surface area (Å²) in [6, 6.07) is 7.82. The van der Waals surface area contributed by atoms with Gasteiger partial charge >= 0.3 is 0 Å². The number of piperazine rings is 1. The number of carbonyl (C=O) groups is 3. The summed E-state index contributed by atoms with van der Waals surface area (Å²) in [5.41, 5.74) is 1.09. The monoisotopic (exact) mass is 347 g/mol. The van der Waals surface area contributed by atoms with Crippen LogP contribution in [0, 0.1) is 0 Å². The molecule has 2 rings (SSSR count). The van der Waals surface area contributed by atoms with Crippen molar-refractivity contribution < 1.29 is 19.1 Å². The Labute approximate surface area is 147 Å². The van der Waals surface area contributed by atoms with Crippen molar-refractivity contribution in [3.8, 4) is 5.75 Å². The van der Waals surface area contributed by atoms with E-state index in [2.05, 4.69) is 10.2 Å². The molecule has 1 aliphatic rings. The minimum Gasteiger partial charge on any atom is -0.497 e. The first-order chi connectivity index (χ1) is 12.0. The lowest BCUT2D eigenvalue weighted by Gasteiger charge is -2.36. The van der Waals surface area contributed by atoms with Crippen LogP contribution in [0.4, 0.5) is 5.69 Å². The summed E-state index contributed by atoms with van der Waals surface area (Å²) in [5.74, 6) is -0.496. The molecule has 1 fully saturated rings. The summed E-state index contributed by atoms with van der Waals surface area (Å²) in [6.45, 7) is 4.32. The number of nitrogens with one attached hydrogen (secondary N) is 1. The Hall–Kier alpha value is -2.57. The average Bonchev–Trinajstić information content (AvgIpc) is 2.66. The zero-order chi connectivity index (χ0) is 18.2. The summed E-state index contributed by atoms with van der Waals surface area (Å²) in [4.78, 5) is 39.1. The Morgan fingerprint density at radius 1 is 1.08 bits per heavy atom. The van der Waals surface area contributed by atoms with E-state index < -0.39 is 11.7 Å². The summed E-state index contributed by atoms with van der Waals surface area (Å²) in [6.07, 6.45) is 0.827. The van der Waals surface area contributed by atoms with Gasteiger partial charge in [0.2, 0.25) is 11.7 Å². The van der Waals surface area contributed by atoms with E-state index >= 15 is 0 Å². The predicted octanol–water partition coefficient (Wildman–Crippen LogP) is 0.829. The number of ketones is 1. The maximum atomic E-state index is 12.2. The number of benzene rings is 1. The number of anilines is 1. The van der Waals surface area contributed by atoms with Crippen molar-refractivity contribution in [2.45, 2.75) is 19.8 Å². The number of nitrogens with zero attached hydrogens (tertiary/aromatic N) is 2. The van der Waals surface area contributed by atoms with Gasteiger partial charge in [0.15, 0.2) is 0 Å². The van der Waals surface area contributed by atoms with Gasteiger partial charge in [-0.3, -0.25) is 14.4 Å². The van der Waals surface area contributed by atoms with Gasteiger partial charge in [-0.1, -0.05) is 6.92 Å². The SMILES string of the molecule is CCCC(=O)C(=O)NCC(=O)N1CCN(c2ccc(OC)cc2)CC1. The summed E-state index contributed by atoms with van der Waals surface area (Å²) in [7, 11) is 1.63. The van der Waals surface area contributed by atoms with Crippen molar-refractivity contribution in [1.82, 2.24) is 10.2 Å². The smallest absolute Gasteiger partial charge is 0.287 e. The third-order valence-electron chi connectivity index (χ3n) is 4.20. The molecule has 7 heteroatoms. The molecular weight excluding hydrogens is 322 g/mol. The summed E-state index contributed by atoms with van der Waals surface area (Å²) >= 11 is 0. The Bertz CT molecular complexity index is 607. The number of methoxy groups -OCH3 is 1. The highest BCUT2D eigenvalue weighted by Gasteiger charge is 2.22. The first-order valence-corrected chi connectivity index (χ1v) is 8.53. The molecule has 25 heavy (non-hydrogen) atoms. The van der Waals surface area contributed by atoms with Crippen molar-refractivity contribution in [3.63, 3.8) is 0 Å². The Morgan fingerprint density at radius 2 is 1.72 bits per heavy atom. The van der Waals surface area contributed by atoms with E-state index in [-0.39, 0.29) is 18.9 Å². The number of carbonyl (C=O) groups excluding carboxylic acids is 3. The highest BCUT2D eigenvalue weighted by Crippen LogP contribution is 2.20. The number of hydrogen-bond donors (Lipinski definition) is 1. The van der Waals surface area contributed by atoms with Gasteiger partial charge in [-0.05, 0) is 30.7 Å². The molecule has 0 aromatic heterocycles. The Kier molecular flexibility index (Phi) is 6.80. The molecule has 0 radical (unpaired) electrons. The van der Waals surface area contributed by atoms with E-state index in [1.807, 2.05) is 31.2 Å². The normalized spacial score (nSPS) is 14.2. The molecule has 1 aromatic carbocycles. The predicted molar refractivity (Wildman–Crippen MR) is 94.7 cm³/mol. The second kappa shape index (κ2) is 9.05. The molecule has 1 aromatic rings. The van der Waals surface area contributed by atoms with Gasteiger partial charge in [0.25, 0.3) is 5.91 Å². The van der Waals surface area contributed by atoms with Gasteiger partial charge in [-0.2, -0.15) is 0 Å². The van der Waals surface area contributed by atoms with Gasteiger partial charge in [-0.15, -0.1) is 0 Å². The number of Topliss-reactive ketones (excluding diaryl/α,β-unsaturated/α-hetero) is 1. The number of hydrogen-bond acceptors (Lipinski definition) is 5. The van der Waals surface area contributed by atoms with Crippen LogP contribution in [0.5, 0.6) is 5.75 Å². The highest BCUT2D eigenvalue weighted by molar-refractivity contribution is 6.36. The number of amides is 2. The van der Waals surface area contributed by atoms with Gasteiger partial charge in [0.1, 0.15) is 5.75 Å². The molecule has 0 aliphatic carbocycles. The lowest BCUT2D eigenvalue weighted by Crippen LogP contribution is -2.51. The topological polar surface area (TPSA) is 79.0 Å². The van der Waals surface area contributed by atoms with Crippen LogP contribution in [-0.2, 0) is 14.4 Å². The molecule has 1 N–H and O–H groups in total. The fraction of sp³-hybridized carbons (Fsp3) is 0.500. The zero-order valence-corrected chi connectivity index (χ0v) is 14.8. The van der Waals surface area contributed by atoms with Gasteiger partial charge in [0.05, 0.1) is 13.7 Å². The molecule has 1 saturated heterocycles.